The fraction of sp³-hybridized carbons (Fsp3) is 0.389. The van der Waals surface area contributed by atoms with Gasteiger partial charge in [-0.3, -0.25) is 14.5 Å². The third kappa shape index (κ3) is 2.98. The second-order valence-corrected chi connectivity index (χ2v) is 6.05. The van der Waals surface area contributed by atoms with Gasteiger partial charge in [0.1, 0.15) is 0 Å². The van der Waals surface area contributed by atoms with Gasteiger partial charge in [0.05, 0.1) is 6.54 Å². The average molecular weight is 325 g/mol. The van der Waals surface area contributed by atoms with Crippen LogP contribution >= 0.6 is 0 Å². The molecule has 6 heteroatoms. The van der Waals surface area contributed by atoms with E-state index in [0.29, 0.717) is 12.8 Å². The summed E-state index contributed by atoms with van der Waals surface area (Å²) in [6, 6.07) is -0.500. The number of nitrogens with zero attached hydrogens (tertiary/aromatic N) is 2. The van der Waals surface area contributed by atoms with Crippen LogP contribution in [0.15, 0.2) is 36.1 Å². The predicted octanol–water partition coefficient (Wildman–Crippen LogP) is 1.32. The Balaban J connectivity index is 1.93. The number of urea groups is 1. The van der Waals surface area contributed by atoms with Crippen LogP contribution in [-0.2, 0) is 9.59 Å². The van der Waals surface area contributed by atoms with Crippen molar-refractivity contribution in [3.05, 3.63) is 36.1 Å². The summed E-state index contributed by atoms with van der Waals surface area (Å²) in [6.07, 6.45) is 12.2. The largest absolute Gasteiger partial charge is 0.325 e. The molecule has 1 N–H and O–H groups in total. The third-order valence-corrected chi connectivity index (χ3v) is 4.28. The van der Waals surface area contributed by atoms with Gasteiger partial charge in [-0.2, -0.15) is 0 Å². The van der Waals surface area contributed by atoms with Crippen molar-refractivity contribution in [1.82, 2.24) is 15.1 Å². The molecule has 1 saturated heterocycles. The molecule has 6 nitrogen and oxygen atoms in total. The minimum Gasteiger partial charge on any atom is -0.315 e. The highest BCUT2D eigenvalue weighted by Gasteiger charge is 2.50. The van der Waals surface area contributed by atoms with Gasteiger partial charge in [-0.25, -0.2) is 4.79 Å². The monoisotopic (exact) mass is 325 g/mol. The van der Waals surface area contributed by atoms with Crippen LogP contribution in [0.5, 0.6) is 0 Å². The van der Waals surface area contributed by atoms with Gasteiger partial charge in [-0.05, 0) is 19.3 Å². The van der Waals surface area contributed by atoms with E-state index in [-0.39, 0.29) is 12.5 Å². The normalized spacial score (nSPS) is 26.2. The van der Waals surface area contributed by atoms with E-state index >= 15 is 0 Å². The van der Waals surface area contributed by atoms with E-state index in [1.54, 1.807) is 6.20 Å². The second-order valence-electron chi connectivity index (χ2n) is 6.05. The zero-order valence-electron chi connectivity index (χ0n) is 13.5. The van der Waals surface area contributed by atoms with Crippen LogP contribution in [0.2, 0.25) is 0 Å². The topological polar surface area (TPSA) is 69.7 Å². The zero-order valence-corrected chi connectivity index (χ0v) is 13.5. The van der Waals surface area contributed by atoms with Crippen LogP contribution in [0, 0.1) is 11.8 Å². The molecular weight excluding hydrogens is 306 g/mol. The smallest absolute Gasteiger partial charge is 0.315 e. The van der Waals surface area contributed by atoms with Crippen molar-refractivity contribution in [2.45, 2.75) is 31.2 Å². The quantitative estimate of drug-likeness (QED) is 0.615. The molecule has 0 saturated carbocycles. The summed E-state index contributed by atoms with van der Waals surface area (Å²) in [4.78, 5) is 39.1. The lowest BCUT2D eigenvalue weighted by Gasteiger charge is -2.29. The Kier molecular flexibility index (Phi) is 4.26. The number of amides is 4. The van der Waals surface area contributed by atoms with E-state index in [1.165, 1.54) is 11.9 Å². The molecule has 124 valence electrons. The van der Waals surface area contributed by atoms with Crippen molar-refractivity contribution in [2.75, 3.05) is 13.6 Å². The predicted molar refractivity (Wildman–Crippen MR) is 88.4 cm³/mol. The van der Waals surface area contributed by atoms with E-state index in [4.69, 9.17) is 0 Å². The molecule has 0 aromatic carbocycles. The average Bonchev–Trinajstić information content (AvgIpc) is 2.81. The lowest BCUT2D eigenvalue weighted by atomic mass is 9.96. The Bertz CT molecular complexity index is 738. The molecule has 0 radical (unpaired) electrons. The Labute approximate surface area is 140 Å². The van der Waals surface area contributed by atoms with Crippen molar-refractivity contribution < 1.29 is 14.4 Å². The highest BCUT2D eigenvalue weighted by molar-refractivity contribution is 6.09. The fourth-order valence-corrected chi connectivity index (χ4v) is 2.86. The molecule has 3 rings (SSSR count). The van der Waals surface area contributed by atoms with Crippen molar-refractivity contribution in [1.29, 1.82) is 0 Å². The molecule has 0 bridgehead atoms. The summed E-state index contributed by atoms with van der Waals surface area (Å²) in [7, 11) is 1.41. The van der Waals surface area contributed by atoms with Crippen molar-refractivity contribution in [3.63, 3.8) is 0 Å². The van der Waals surface area contributed by atoms with Gasteiger partial charge in [-0.1, -0.05) is 36.1 Å². The van der Waals surface area contributed by atoms with Gasteiger partial charge in [0, 0.05) is 25.2 Å². The summed E-state index contributed by atoms with van der Waals surface area (Å²) in [5.41, 5.74) is -0.487. The number of imide groups is 1. The Morgan fingerprint density at radius 1 is 1.21 bits per heavy atom. The van der Waals surface area contributed by atoms with E-state index in [2.05, 4.69) is 23.2 Å². The number of rotatable bonds is 2. The minimum absolute atomic E-state index is 0.0212. The van der Waals surface area contributed by atoms with Crippen LogP contribution < -0.4 is 5.32 Å². The van der Waals surface area contributed by atoms with Gasteiger partial charge in [0.25, 0.3) is 5.91 Å². The molecule has 1 aliphatic carbocycles. The maximum atomic E-state index is 12.6. The van der Waals surface area contributed by atoms with E-state index in [0.717, 1.165) is 23.3 Å². The highest BCUT2D eigenvalue weighted by atomic mass is 16.2. The molecule has 0 spiro atoms. The summed E-state index contributed by atoms with van der Waals surface area (Å²) >= 11 is 0. The highest BCUT2D eigenvalue weighted by Crippen LogP contribution is 2.21. The summed E-state index contributed by atoms with van der Waals surface area (Å²) < 4.78 is 0. The van der Waals surface area contributed by atoms with Crippen LogP contribution in [0.4, 0.5) is 4.79 Å². The number of likely N-dealkylation sites (N-methyl/N-ethyl adjacent to an activating group) is 1. The van der Waals surface area contributed by atoms with Gasteiger partial charge < -0.3 is 10.2 Å². The van der Waals surface area contributed by atoms with Crippen LogP contribution in [0.25, 0.3) is 0 Å². The molecule has 2 heterocycles. The Hall–Kier alpha value is -2.81. The number of nitrogens with one attached hydrogen (secondary N) is 1. The zero-order chi connectivity index (χ0) is 17.2. The van der Waals surface area contributed by atoms with Gasteiger partial charge >= 0.3 is 6.03 Å². The van der Waals surface area contributed by atoms with Crippen molar-refractivity contribution >= 4 is 17.8 Å². The van der Waals surface area contributed by atoms with Crippen molar-refractivity contribution in [2.24, 2.45) is 0 Å². The first kappa shape index (κ1) is 16.1. The lowest BCUT2D eigenvalue weighted by Crippen LogP contribution is -2.54. The summed E-state index contributed by atoms with van der Waals surface area (Å²) in [6.45, 7) is 0.0212. The van der Waals surface area contributed by atoms with Crippen LogP contribution in [0.1, 0.15) is 25.7 Å². The molecule has 1 unspecified atom stereocenters. The number of carbonyl (C=O) groups is 3. The van der Waals surface area contributed by atoms with E-state index in [9.17, 15) is 14.4 Å². The first-order valence-corrected chi connectivity index (χ1v) is 7.97. The van der Waals surface area contributed by atoms with Crippen LogP contribution in [-0.4, -0.2) is 46.8 Å². The van der Waals surface area contributed by atoms with E-state index < -0.39 is 17.5 Å². The molecule has 24 heavy (non-hydrogen) atoms. The molecule has 4 amide bonds. The summed E-state index contributed by atoms with van der Waals surface area (Å²) in [5.74, 6) is 5.45. The third-order valence-electron chi connectivity index (χ3n) is 4.28. The molecule has 1 fully saturated rings. The van der Waals surface area contributed by atoms with Gasteiger partial charge in [0.15, 0.2) is 0 Å². The molecule has 2 aliphatic heterocycles. The first-order valence-electron chi connectivity index (χ1n) is 7.97. The van der Waals surface area contributed by atoms with Crippen LogP contribution in [0.3, 0.4) is 0 Å². The number of allylic oxidation sites excluding steroid dienone is 5. The maximum Gasteiger partial charge on any atom is 0.325 e. The molecule has 3 aliphatic rings. The second kappa shape index (κ2) is 6.36. The maximum absolute atomic E-state index is 12.6. The number of hydrogen-bond donors (Lipinski definition) is 1. The van der Waals surface area contributed by atoms with E-state index in [1.807, 2.05) is 18.2 Å². The Morgan fingerprint density at radius 2 is 2.00 bits per heavy atom. The Morgan fingerprint density at radius 3 is 2.62 bits per heavy atom. The first-order chi connectivity index (χ1) is 11.5. The van der Waals surface area contributed by atoms with Gasteiger partial charge in [0.2, 0.25) is 11.4 Å². The SMILES string of the molecule is CN1C(=O)NC(C#CC2=CC=CCC2)(CN2C=CCCC2=O)C1=O. The number of hydrogen-bond acceptors (Lipinski definition) is 3. The summed E-state index contributed by atoms with van der Waals surface area (Å²) in [5, 5.41) is 2.67. The standard InChI is InChI=1S/C18H19N3O3/c1-20-16(23)18(19-17(20)24,11-10-14-7-3-2-4-8-14)13-21-12-6-5-9-15(21)22/h2-3,6-7,12H,4-5,8-9,13H2,1H3,(H,19,24). The molecule has 0 aromatic rings. The molecule has 1 atom stereocenters. The lowest BCUT2D eigenvalue weighted by molar-refractivity contribution is -0.132. The fourth-order valence-electron chi connectivity index (χ4n) is 2.86. The van der Waals surface area contributed by atoms with Crippen molar-refractivity contribution in [3.8, 4) is 11.8 Å². The molecule has 0 aromatic heterocycles. The van der Waals surface area contributed by atoms with Gasteiger partial charge in [-0.15, -0.1) is 0 Å². The minimum atomic E-state index is -1.40. The number of carbonyl (C=O) groups excluding carboxylic acids is 3. The molecular formula is C18H19N3O3.